The molecular formula is C32H39Cl2N3O4S. The summed E-state index contributed by atoms with van der Waals surface area (Å²) in [5.74, 6) is -0.859. The van der Waals surface area contributed by atoms with Crippen LogP contribution in [0.4, 0.5) is 5.69 Å². The van der Waals surface area contributed by atoms with Crippen molar-refractivity contribution in [2.75, 3.05) is 17.1 Å². The molecule has 2 atom stereocenters. The van der Waals surface area contributed by atoms with Crippen molar-refractivity contribution in [3.05, 3.63) is 99.5 Å². The maximum atomic E-state index is 14.3. The third-order valence-electron chi connectivity index (χ3n) is 7.13. The maximum Gasteiger partial charge on any atom is 0.244 e. The summed E-state index contributed by atoms with van der Waals surface area (Å²) >= 11 is 12.7. The first kappa shape index (κ1) is 33.4. The first-order valence-electron chi connectivity index (χ1n) is 14.0. The number of anilines is 1. The van der Waals surface area contributed by atoms with E-state index in [1.807, 2.05) is 70.2 Å². The molecule has 3 rings (SSSR count). The van der Waals surface area contributed by atoms with Crippen molar-refractivity contribution in [3.63, 3.8) is 0 Å². The molecule has 0 bridgehead atoms. The number of hydrogen-bond acceptors (Lipinski definition) is 4. The third kappa shape index (κ3) is 8.96. The summed E-state index contributed by atoms with van der Waals surface area (Å²) in [4.78, 5) is 29.5. The average Bonchev–Trinajstić information content (AvgIpc) is 2.94. The predicted octanol–water partition coefficient (Wildman–Crippen LogP) is 6.44. The van der Waals surface area contributed by atoms with E-state index >= 15 is 0 Å². The Labute approximate surface area is 259 Å². The number of nitrogens with one attached hydrogen (secondary N) is 1. The van der Waals surface area contributed by atoms with E-state index in [1.54, 1.807) is 30.3 Å². The third-order valence-corrected chi connectivity index (χ3v) is 8.85. The maximum absolute atomic E-state index is 14.3. The van der Waals surface area contributed by atoms with Crippen molar-refractivity contribution in [1.82, 2.24) is 10.2 Å². The minimum Gasteiger partial charge on any atom is -0.352 e. The number of benzene rings is 3. The monoisotopic (exact) mass is 631 g/mol. The molecule has 0 aliphatic rings. The highest BCUT2D eigenvalue weighted by Crippen LogP contribution is 2.30. The van der Waals surface area contributed by atoms with Crippen LogP contribution in [0.25, 0.3) is 0 Å². The molecule has 0 spiro atoms. The second kappa shape index (κ2) is 14.9. The summed E-state index contributed by atoms with van der Waals surface area (Å²) < 4.78 is 27.4. The van der Waals surface area contributed by atoms with E-state index in [2.05, 4.69) is 5.32 Å². The van der Waals surface area contributed by atoms with E-state index in [0.29, 0.717) is 27.7 Å². The molecule has 0 aromatic heterocycles. The van der Waals surface area contributed by atoms with Crippen LogP contribution in [0.2, 0.25) is 10.0 Å². The van der Waals surface area contributed by atoms with Crippen LogP contribution in [0, 0.1) is 0 Å². The lowest BCUT2D eigenvalue weighted by Gasteiger charge is -2.34. The summed E-state index contributed by atoms with van der Waals surface area (Å²) in [7, 11) is -3.88. The minimum atomic E-state index is -3.88. The zero-order valence-electron chi connectivity index (χ0n) is 24.7. The van der Waals surface area contributed by atoms with Crippen LogP contribution in [0.15, 0.2) is 72.8 Å². The number of carbonyl (C=O) groups is 2. The number of rotatable bonds is 13. The highest BCUT2D eigenvalue weighted by Gasteiger charge is 2.34. The molecule has 2 amide bonds. The van der Waals surface area contributed by atoms with Gasteiger partial charge in [-0.25, -0.2) is 8.42 Å². The second-order valence-electron chi connectivity index (χ2n) is 10.8. The molecule has 3 aromatic carbocycles. The molecule has 226 valence electrons. The number of sulfonamides is 1. The van der Waals surface area contributed by atoms with Crippen molar-refractivity contribution >= 4 is 50.7 Å². The fourth-order valence-corrected chi connectivity index (χ4v) is 5.96. The van der Waals surface area contributed by atoms with Crippen LogP contribution in [-0.4, -0.2) is 50.0 Å². The Morgan fingerprint density at radius 3 is 2.17 bits per heavy atom. The quantitative estimate of drug-likeness (QED) is 0.235. The average molecular weight is 633 g/mol. The van der Waals surface area contributed by atoms with E-state index < -0.39 is 28.5 Å². The molecule has 10 heteroatoms. The van der Waals surface area contributed by atoms with Crippen LogP contribution in [0.5, 0.6) is 0 Å². The van der Waals surface area contributed by atoms with Crippen LogP contribution in [0.3, 0.4) is 0 Å². The van der Waals surface area contributed by atoms with Gasteiger partial charge in [-0.15, -0.1) is 0 Å². The van der Waals surface area contributed by atoms with Crippen molar-refractivity contribution in [2.45, 2.75) is 65.1 Å². The lowest BCUT2D eigenvalue weighted by Crippen LogP contribution is -2.54. The molecule has 0 aliphatic carbocycles. The number of amides is 2. The molecule has 3 aromatic rings. The van der Waals surface area contributed by atoms with E-state index in [1.165, 1.54) is 4.90 Å². The van der Waals surface area contributed by atoms with Gasteiger partial charge >= 0.3 is 0 Å². The number of hydrogen-bond donors (Lipinski definition) is 1. The highest BCUT2D eigenvalue weighted by molar-refractivity contribution is 7.92. The van der Waals surface area contributed by atoms with Gasteiger partial charge < -0.3 is 10.2 Å². The number of halogens is 2. The van der Waals surface area contributed by atoms with Crippen molar-refractivity contribution in [1.29, 1.82) is 0 Å². The fraction of sp³-hybridized carbons (Fsp3) is 0.375. The van der Waals surface area contributed by atoms with Crippen LogP contribution >= 0.6 is 23.2 Å². The van der Waals surface area contributed by atoms with Crippen LogP contribution in [0.1, 0.15) is 56.7 Å². The molecule has 0 heterocycles. The smallest absolute Gasteiger partial charge is 0.244 e. The summed E-state index contributed by atoms with van der Waals surface area (Å²) in [6.45, 7) is 7.27. The summed E-state index contributed by atoms with van der Waals surface area (Å²) in [6.07, 6.45) is 2.00. The van der Waals surface area contributed by atoms with Gasteiger partial charge in [-0.3, -0.25) is 13.9 Å². The SMILES string of the molecule is CC[C@H](C)NC(=O)[C@H](Cc1ccccc1)N(Cc1ccc(Cl)cc1Cl)C(=O)CN(c1ccccc1C(C)C)S(C)(=O)=O. The molecule has 42 heavy (non-hydrogen) atoms. The molecule has 0 radical (unpaired) electrons. The largest absolute Gasteiger partial charge is 0.352 e. The van der Waals surface area contributed by atoms with E-state index in [-0.39, 0.29) is 30.8 Å². The molecule has 0 saturated heterocycles. The molecule has 0 unspecified atom stereocenters. The number of carbonyl (C=O) groups excluding carboxylic acids is 2. The minimum absolute atomic E-state index is 0.0108. The predicted molar refractivity (Wildman–Crippen MR) is 172 cm³/mol. The van der Waals surface area contributed by atoms with Gasteiger partial charge in [-0.05, 0) is 54.2 Å². The zero-order valence-corrected chi connectivity index (χ0v) is 27.0. The normalized spacial score (nSPS) is 13.0. The Bertz CT molecular complexity index is 1480. The lowest BCUT2D eigenvalue weighted by molar-refractivity contribution is -0.140. The van der Waals surface area contributed by atoms with Gasteiger partial charge in [0.1, 0.15) is 12.6 Å². The van der Waals surface area contributed by atoms with Crippen molar-refractivity contribution < 1.29 is 18.0 Å². The van der Waals surface area contributed by atoms with Gasteiger partial charge in [0.25, 0.3) is 0 Å². The van der Waals surface area contributed by atoms with Gasteiger partial charge in [0.2, 0.25) is 21.8 Å². The Balaban J connectivity index is 2.13. The van der Waals surface area contributed by atoms with Crippen LogP contribution < -0.4 is 9.62 Å². The summed E-state index contributed by atoms with van der Waals surface area (Å²) in [6, 6.07) is 20.4. The van der Waals surface area contributed by atoms with E-state index in [0.717, 1.165) is 21.7 Å². The van der Waals surface area contributed by atoms with Gasteiger partial charge in [0.05, 0.1) is 11.9 Å². The first-order chi connectivity index (χ1) is 19.8. The Morgan fingerprint density at radius 2 is 1.57 bits per heavy atom. The molecular weight excluding hydrogens is 593 g/mol. The highest BCUT2D eigenvalue weighted by atomic mass is 35.5. The molecule has 0 aliphatic heterocycles. The Morgan fingerprint density at radius 1 is 0.929 bits per heavy atom. The zero-order chi connectivity index (χ0) is 31.0. The van der Waals surface area contributed by atoms with Gasteiger partial charge in [0.15, 0.2) is 0 Å². The lowest BCUT2D eigenvalue weighted by atomic mass is 10.0. The number of para-hydroxylation sites is 1. The van der Waals surface area contributed by atoms with Crippen molar-refractivity contribution in [2.24, 2.45) is 0 Å². The Hall–Kier alpha value is -3.07. The van der Waals surface area contributed by atoms with Crippen molar-refractivity contribution in [3.8, 4) is 0 Å². The Kier molecular flexibility index (Phi) is 11.9. The summed E-state index contributed by atoms with van der Waals surface area (Å²) in [5.41, 5.74) is 2.65. The topological polar surface area (TPSA) is 86.8 Å². The standard InChI is InChI=1S/C32H39Cl2N3O4S/c1-6-23(4)35-32(39)30(18-24-12-8-7-9-13-24)36(20-25-16-17-26(33)19-28(25)34)31(38)21-37(42(5,40)41)29-15-11-10-14-27(29)22(2)3/h7-17,19,22-23,30H,6,18,20-21H2,1-5H3,(H,35,39)/t23-,30-/m0/s1. The number of nitrogens with zero attached hydrogens (tertiary/aromatic N) is 2. The van der Waals surface area contributed by atoms with Crippen LogP contribution in [-0.2, 0) is 32.6 Å². The molecule has 7 nitrogen and oxygen atoms in total. The van der Waals surface area contributed by atoms with E-state index in [9.17, 15) is 18.0 Å². The fourth-order valence-electron chi connectivity index (χ4n) is 4.63. The van der Waals surface area contributed by atoms with E-state index in [4.69, 9.17) is 23.2 Å². The second-order valence-corrected chi connectivity index (χ2v) is 13.5. The first-order valence-corrected chi connectivity index (χ1v) is 16.6. The molecule has 0 fully saturated rings. The molecule has 0 saturated carbocycles. The van der Waals surface area contributed by atoms with Gasteiger partial charge in [-0.2, -0.15) is 0 Å². The van der Waals surface area contributed by atoms with Gasteiger partial charge in [-0.1, -0.05) is 98.6 Å². The summed E-state index contributed by atoms with van der Waals surface area (Å²) in [5, 5.41) is 3.79. The molecule has 1 N–H and O–H groups in total. The van der Waals surface area contributed by atoms with Gasteiger partial charge in [0, 0.05) is 29.1 Å².